The maximum atomic E-state index is 5.66. The number of fused-ring (bicyclic) bond motifs is 1. The summed E-state index contributed by atoms with van der Waals surface area (Å²) in [6, 6.07) is 5.46. The number of thioether (sulfide) groups is 1. The molecule has 0 unspecified atom stereocenters. The summed E-state index contributed by atoms with van der Waals surface area (Å²) < 4.78 is 10.8. The zero-order valence-electron chi connectivity index (χ0n) is 9.10. The van der Waals surface area contributed by atoms with E-state index in [1.165, 1.54) is 0 Å². The first-order chi connectivity index (χ1) is 7.79. The van der Waals surface area contributed by atoms with Crippen molar-refractivity contribution in [3.05, 3.63) is 18.2 Å². The van der Waals surface area contributed by atoms with Crippen molar-refractivity contribution in [3.63, 3.8) is 0 Å². The van der Waals surface area contributed by atoms with Gasteiger partial charge < -0.3 is 14.9 Å². The molecule has 0 bridgehead atoms. The van der Waals surface area contributed by atoms with E-state index in [-0.39, 0.29) is 0 Å². The molecule has 5 heteroatoms. The average molecular weight is 238 g/mol. The smallest absolute Gasteiger partial charge is 0.256 e. The Bertz CT molecular complexity index is 470. The van der Waals surface area contributed by atoms with Gasteiger partial charge in [0.25, 0.3) is 5.22 Å². The highest BCUT2D eigenvalue weighted by molar-refractivity contribution is 7.99. The van der Waals surface area contributed by atoms with Crippen LogP contribution in [0.15, 0.2) is 27.8 Å². The van der Waals surface area contributed by atoms with Crippen LogP contribution < -0.4 is 5.73 Å². The molecule has 2 N–H and O–H groups in total. The maximum absolute atomic E-state index is 5.66. The van der Waals surface area contributed by atoms with Crippen LogP contribution in [0.1, 0.15) is 6.92 Å². The van der Waals surface area contributed by atoms with E-state index in [1.54, 1.807) is 11.8 Å². The van der Waals surface area contributed by atoms with E-state index in [9.17, 15) is 0 Å². The predicted octanol–water partition coefficient (Wildman–Crippen LogP) is 2.54. The van der Waals surface area contributed by atoms with Crippen LogP contribution in [0.4, 0.5) is 5.69 Å². The molecule has 16 heavy (non-hydrogen) atoms. The number of aromatic nitrogens is 1. The van der Waals surface area contributed by atoms with Crippen LogP contribution in [-0.2, 0) is 4.74 Å². The van der Waals surface area contributed by atoms with Gasteiger partial charge in [0.05, 0.1) is 6.61 Å². The molecule has 0 amide bonds. The summed E-state index contributed by atoms with van der Waals surface area (Å²) in [5.41, 5.74) is 7.94. The second-order valence-corrected chi connectivity index (χ2v) is 4.30. The van der Waals surface area contributed by atoms with Crippen molar-refractivity contribution in [1.29, 1.82) is 0 Å². The standard InChI is InChI=1S/C11H14N2O2S/c1-2-14-5-6-16-11-13-9-7-8(12)3-4-10(9)15-11/h3-4,7H,2,5-6,12H2,1H3. The first-order valence-corrected chi connectivity index (χ1v) is 6.15. The quantitative estimate of drug-likeness (QED) is 0.492. The Morgan fingerprint density at radius 1 is 1.50 bits per heavy atom. The maximum Gasteiger partial charge on any atom is 0.256 e. The Balaban J connectivity index is 2.02. The number of anilines is 1. The molecule has 0 saturated carbocycles. The van der Waals surface area contributed by atoms with Crippen LogP contribution >= 0.6 is 11.8 Å². The van der Waals surface area contributed by atoms with Crippen molar-refractivity contribution < 1.29 is 9.15 Å². The molecular weight excluding hydrogens is 224 g/mol. The topological polar surface area (TPSA) is 61.3 Å². The van der Waals surface area contributed by atoms with Gasteiger partial charge in [-0.1, -0.05) is 11.8 Å². The molecule has 1 aromatic carbocycles. The second kappa shape index (κ2) is 5.23. The van der Waals surface area contributed by atoms with E-state index < -0.39 is 0 Å². The Morgan fingerprint density at radius 2 is 2.38 bits per heavy atom. The first-order valence-electron chi connectivity index (χ1n) is 5.16. The number of nitrogens with two attached hydrogens (primary N) is 1. The van der Waals surface area contributed by atoms with E-state index in [4.69, 9.17) is 14.9 Å². The van der Waals surface area contributed by atoms with Crippen molar-refractivity contribution in [1.82, 2.24) is 4.98 Å². The molecule has 0 atom stereocenters. The summed E-state index contributed by atoms with van der Waals surface area (Å²) in [5, 5.41) is 0.667. The molecule has 4 nitrogen and oxygen atoms in total. The summed E-state index contributed by atoms with van der Waals surface area (Å²) in [6.07, 6.45) is 0. The molecular formula is C11H14N2O2S. The van der Waals surface area contributed by atoms with Crippen LogP contribution in [0, 0.1) is 0 Å². The van der Waals surface area contributed by atoms with Crippen molar-refractivity contribution >= 4 is 28.5 Å². The lowest BCUT2D eigenvalue weighted by atomic mass is 10.3. The normalized spacial score (nSPS) is 11.1. The van der Waals surface area contributed by atoms with E-state index in [1.807, 2.05) is 25.1 Å². The third-order valence-electron chi connectivity index (χ3n) is 2.05. The molecule has 0 radical (unpaired) electrons. The number of oxazole rings is 1. The van der Waals surface area contributed by atoms with E-state index in [0.29, 0.717) is 17.5 Å². The van der Waals surface area contributed by atoms with Gasteiger partial charge in [0.2, 0.25) is 0 Å². The molecule has 1 aromatic heterocycles. The summed E-state index contributed by atoms with van der Waals surface area (Å²) in [4.78, 5) is 4.33. The van der Waals surface area contributed by atoms with E-state index in [2.05, 4.69) is 4.98 Å². The van der Waals surface area contributed by atoms with Crippen molar-refractivity contribution in [3.8, 4) is 0 Å². The van der Waals surface area contributed by atoms with Crippen LogP contribution in [0.2, 0.25) is 0 Å². The molecule has 2 aromatic rings. The number of hydrogen-bond donors (Lipinski definition) is 1. The minimum Gasteiger partial charge on any atom is -0.431 e. The number of rotatable bonds is 5. The number of ether oxygens (including phenoxy) is 1. The summed E-state index contributed by atoms with van der Waals surface area (Å²) in [7, 11) is 0. The highest BCUT2D eigenvalue weighted by Gasteiger charge is 2.05. The first kappa shape index (κ1) is 11.3. The molecule has 86 valence electrons. The molecule has 0 aliphatic heterocycles. The highest BCUT2D eigenvalue weighted by Crippen LogP contribution is 2.24. The van der Waals surface area contributed by atoms with Crippen molar-refractivity contribution in [2.75, 3.05) is 24.7 Å². The lowest BCUT2D eigenvalue weighted by Gasteiger charge is -1.96. The number of benzene rings is 1. The Labute approximate surface area is 98.2 Å². The van der Waals surface area contributed by atoms with Gasteiger partial charge in [0.15, 0.2) is 5.58 Å². The predicted molar refractivity (Wildman–Crippen MR) is 65.6 cm³/mol. The number of nitrogen functional groups attached to an aromatic ring is 1. The lowest BCUT2D eigenvalue weighted by molar-refractivity contribution is 0.164. The monoisotopic (exact) mass is 238 g/mol. The van der Waals surface area contributed by atoms with Gasteiger partial charge in [0.1, 0.15) is 5.52 Å². The Morgan fingerprint density at radius 3 is 3.19 bits per heavy atom. The third kappa shape index (κ3) is 2.68. The number of nitrogens with zero attached hydrogens (tertiary/aromatic N) is 1. The van der Waals surface area contributed by atoms with Crippen LogP contribution in [-0.4, -0.2) is 24.0 Å². The van der Waals surface area contributed by atoms with Crippen LogP contribution in [0.25, 0.3) is 11.1 Å². The third-order valence-corrected chi connectivity index (χ3v) is 2.84. The minimum atomic E-state index is 0.667. The second-order valence-electron chi connectivity index (χ2n) is 3.25. The fourth-order valence-corrected chi connectivity index (χ4v) is 2.00. The molecule has 2 rings (SSSR count). The molecule has 1 heterocycles. The zero-order valence-corrected chi connectivity index (χ0v) is 9.92. The van der Waals surface area contributed by atoms with Crippen molar-refractivity contribution in [2.24, 2.45) is 0 Å². The lowest BCUT2D eigenvalue weighted by Crippen LogP contribution is -1.95. The minimum absolute atomic E-state index is 0.667. The molecule has 0 aliphatic carbocycles. The van der Waals surface area contributed by atoms with E-state index in [0.717, 1.165) is 23.5 Å². The number of hydrogen-bond acceptors (Lipinski definition) is 5. The van der Waals surface area contributed by atoms with E-state index >= 15 is 0 Å². The summed E-state index contributed by atoms with van der Waals surface area (Å²) >= 11 is 1.55. The van der Waals surface area contributed by atoms with Gasteiger partial charge in [-0.2, -0.15) is 0 Å². The summed E-state index contributed by atoms with van der Waals surface area (Å²) in [5.74, 6) is 0.843. The van der Waals surface area contributed by atoms with Crippen LogP contribution in [0.3, 0.4) is 0 Å². The van der Waals surface area contributed by atoms with Gasteiger partial charge in [-0.25, -0.2) is 4.98 Å². The van der Waals surface area contributed by atoms with Gasteiger partial charge in [0, 0.05) is 18.0 Å². The largest absolute Gasteiger partial charge is 0.431 e. The Kier molecular flexibility index (Phi) is 3.69. The average Bonchev–Trinajstić information content (AvgIpc) is 2.66. The fraction of sp³-hybridized carbons (Fsp3) is 0.364. The molecule has 0 saturated heterocycles. The summed E-state index contributed by atoms with van der Waals surface area (Å²) in [6.45, 7) is 3.43. The van der Waals surface area contributed by atoms with Crippen molar-refractivity contribution in [2.45, 2.75) is 12.1 Å². The van der Waals surface area contributed by atoms with Gasteiger partial charge in [-0.3, -0.25) is 0 Å². The van der Waals surface area contributed by atoms with Crippen LogP contribution in [0.5, 0.6) is 0 Å². The van der Waals surface area contributed by atoms with Gasteiger partial charge in [-0.05, 0) is 25.1 Å². The van der Waals surface area contributed by atoms with Gasteiger partial charge in [-0.15, -0.1) is 0 Å². The highest BCUT2D eigenvalue weighted by atomic mass is 32.2. The van der Waals surface area contributed by atoms with Gasteiger partial charge >= 0.3 is 0 Å². The fourth-order valence-electron chi connectivity index (χ4n) is 1.32. The molecule has 0 aliphatic rings. The SMILES string of the molecule is CCOCCSc1nc2cc(N)ccc2o1. The Hall–Kier alpha value is -1.20. The molecule has 0 fully saturated rings. The zero-order chi connectivity index (χ0) is 11.4. The molecule has 0 spiro atoms.